The number of carbonyl (C=O) groups is 17. The van der Waals surface area contributed by atoms with Crippen LogP contribution in [-0.2, 0) is 94.3 Å². The molecule has 0 bridgehead atoms. The van der Waals surface area contributed by atoms with Crippen LogP contribution >= 0.6 is 24.4 Å². The number of aliphatic hydroxyl groups excluding tert-OH is 1. The van der Waals surface area contributed by atoms with Crippen molar-refractivity contribution < 1.29 is 91.7 Å². The van der Waals surface area contributed by atoms with E-state index in [2.05, 4.69) is 103 Å². The number of carboxylic acids is 1. The zero-order chi connectivity index (χ0) is 98.0. The number of amides is 16. The highest BCUT2D eigenvalue weighted by molar-refractivity contribution is 7.98. The molecule has 0 aliphatic rings. The van der Waals surface area contributed by atoms with Crippen LogP contribution in [-0.4, -0.2) is 275 Å². The van der Waals surface area contributed by atoms with E-state index in [1.165, 1.54) is 24.9 Å². The number of thioether (sulfide) groups is 1. The summed E-state index contributed by atoms with van der Waals surface area (Å²) in [7, 11) is 0. The molecule has 0 saturated carbocycles. The van der Waals surface area contributed by atoms with Crippen molar-refractivity contribution in [2.24, 2.45) is 57.5 Å². The summed E-state index contributed by atoms with van der Waals surface area (Å²) in [6, 6.07) is -7.37. The third-order valence-corrected chi connectivity index (χ3v) is 21.4. The minimum absolute atomic E-state index is 0.0186. The second-order valence-corrected chi connectivity index (χ2v) is 32.8. The Bertz CT molecular complexity index is 4340. The summed E-state index contributed by atoms with van der Waals surface area (Å²) < 4.78 is 0. The summed E-state index contributed by atoms with van der Waals surface area (Å²) in [6.07, 6.45) is -1.57. The Kier molecular flexibility index (Phi) is 51.7. The number of rotatable bonds is 65. The topological polar surface area (TPSA) is 845 Å². The molecule has 2 aromatic carbocycles. The van der Waals surface area contributed by atoms with Crippen LogP contribution in [0.15, 0.2) is 60.8 Å². The van der Waals surface area contributed by atoms with Gasteiger partial charge in [-0.2, -0.15) is 24.4 Å². The third kappa shape index (κ3) is 43.1. The molecular formula is C81H133N29O19S2. The number of thiol groups is 1. The fraction of sp³-hybridized carbons (Fsp3) is 0.580. The lowest BCUT2D eigenvalue weighted by atomic mass is 10.0. The van der Waals surface area contributed by atoms with Crippen LogP contribution in [0.3, 0.4) is 0 Å². The number of para-hydroxylation sites is 1. The standard InChI is InChI=1S/C81H133N29O19S2/c1-42(2)64(77(127)105-55(78(128)129)25-16-35-96-81(92)93)110-71(121)49(22-11-13-32-83)98-65(115)50(23-14-33-94-79(88)89)100-70(120)54(30-36-131-4)103-74(124)58(39-62(86)114)108-66(116)51(24-15-34-95-80(90)91)99-68(118)52(26-28-60(84)112)102-73(123)57(38-45-40-97-47-20-9-8-19-46(45)47)107-69(119)53(27-29-61(85)113)101-72(122)56(37-44-17-6-5-7-18-44)106-75(125)59(41-130)109-67(117)48(21-10-12-31-82)104-76(126)63(87)43(3)111/h5-9,17-20,40,42-43,48-59,63-64,97,111,130H,10-16,21-39,41,82-83,87H2,1-4H3,(H2,84,112)(H2,85,113)(H2,86,114)(H,98,115)(H,99,118)(H,100,120)(H,101,122)(H,102,123)(H,103,124)(H,104,126)(H,105,127)(H,106,125)(H,107,119)(H,108,116)(H,109,117)(H,110,121)(H,128,129)(H4,88,89,94)(H4,90,91,95)(H4,92,93,96)/t43-,48+,49+,50+,51+,52+,53+,54+,55+,56+,57+,58+,59+,63+,64+/m1/s1. The van der Waals surface area contributed by atoms with Crippen molar-refractivity contribution in [1.82, 2.24) is 90.1 Å². The molecule has 0 radical (unpaired) electrons. The lowest BCUT2D eigenvalue weighted by Gasteiger charge is -2.29. The number of nitrogens with one attached hydrogen (secondary N) is 20. The molecular weight excluding hydrogens is 1750 g/mol. The van der Waals surface area contributed by atoms with Gasteiger partial charge in [-0.25, -0.2) is 4.79 Å². The third-order valence-electron chi connectivity index (χ3n) is 20.4. The fourth-order valence-corrected chi connectivity index (χ4v) is 13.9. The lowest BCUT2D eigenvalue weighted by Crippen LogP contribution is -2.61. The number of carboxylic acid groups (broad SMARTS) is 1. The molecule has 0 spiro atoms. The molecule has 15 atom stereocenters. The number of aromatic nitrogens is 1. The Labute approximate surface area is 767 Å². The molecule has 3 rings (SSSR count). The number of hydrogen-bond donors (Lipinski definition) is 32. The molecule has 728 valence electrons. The number of H-pyrrole nitrogens is 1. The fourth-order valence-electron chi connectivity index (χ4n) is 13.2. The van der Waals surface area contributed by atoms with Gasteiger partial charge in [0.1, 0.15) is 84.6 Å². The first-order chi connectivity index (χ1) is 62.0. The highest BCUT2D eigenvalue weighted by Crippen LogP contribution is 2.21. The average Bonchev–Trinajstić information content (AvgIpc) is 1.66. The van der Waals surface area contributed by atoms with Crippen molar-refractivity contribution in [2.75, 3.05) is 50.5 Å². The number of carbonyl (C=O) groups excluding carboxylic acids is 16. The van der Waals surface area contributed by atoms with E-state index >= 15 is 14.4 Å². The Hall–Kier alpha value is -12.7. The molecule has 3 aromatic rings. The van der Waals surface area contributed by atoms with Gasteiger partial charge in [-0.3, -0.25) is 92.9 Å². The van der Waals surface area contributed by atoms with Gasteiger partial charge in [-0.15, -0.1) is 0 Å². The van der Waals surface area contributed by atoms with E-state index in [0.29, 0.717) is 41.3 Å². The van der Waals surface area contributed by atoms with Gasteiger partial charge in [0.25, 0.3) is 0 Å². The molecule has 0 fully saturated rings. The second kappa shape index (κ2) is 60.2. The van der Waals surface area contributed by atoms with Gasteiger partial charge < -0.3 is 152 Å². The zero-order valence-electron chi connectivity index (χ0n) is 74.0. The maximum Gasteiger partial charge on any atom is 0.326 e. The van der Waals surface area contributed by atoms with Gasteiger partial charge in [-0.05, 0) is 151 Å². The number of guanidine groups is 3. The monoisotopic (exact) mass is 1880 g/mol. The van der Waals surface area contributed by atoms with Crippen molar-refractivity contribution >= 4 is 154 Å². The van der Waals surface area contributed by atoms with E-state index in [1.807, 2.05) is 0 Å². The van der Waals surface area contributed by atoms with Crippen LogP contribution in [0.5, 0.6) is 0 Å². The molecule has 1 heterocycles. The minimum Gasteiger partial charge on any atom is -0.480 e. The van der Waals surface area contributed by atoms with Crippen molar-refractivity contribution in [2.45, 2.75) is 240 Å². The number of benzene rings is 2. The predicted octanol–water partition coefficient (Wildman–Crippen LogP) is -8.16. The molecule has 0 saturated heterocycles. The van der Waals surface area contributed by atoms with E-state index in [-0.39, 0.29) is 121 Å². The summed E-state index contributed by atoms with van der Waals surface area (Å²) in [6.45, 7) is 4.81. The van der Waals surface area contributed by atoms with Gasteiger partial charge >= 0.3 is 5.97 Å². The maximum atomic E-state index is 15.2. The van der Waals surface area contributed by atoms with E-state index < -0.39 is 248 Å². The molecule has 0 aliphatic carbocycles. The van der Waals surface area contributed by atoms with Gasteiger partial charge in [0.15, 0.2) is 17.9 Å². The van der Waals surface area contributed by atoms with Gasteiger partial charge in [0.2, 0.25) is 94.5 Å². The first-order valence-electron chi connectivity index (χ1n) is 42.8. The smallest absolute Gasteiger partial charge is 0.326 e. The molecule has 48 nitrogen and oxygen atoms in total. The molecule has 131 heavy (non-hydrogen) atoms. The van der Waals surface area contributed by atoms with Crippen molar-refractivity contribution in [3.8, 4) is 0 Å². The number of unbranched alkanes of at least 4 members (excludes halogenated alkanes) is 2. The normalized spacial score (nSPS) is 14.5. The number of hydrogen-bond acceptors (Lipinski definition) is 26. The average molecular weight is 1880 g/mol. The number of primary amides is 3. The SMILES string of the molecule is CSCC[C@H](NC(=O)[C@H](CC(N)=O)NC(=O)[C@H](CCCNC(=N)N)NC(=O)[C@H](CCC(N)=O)NC(=O)[C@H](Cc1c[nH]c2ccccc12)NC(=O)[C@H](CCC(N)=O)NC(=O)[C@H](Cc1ccccc1)NC(=O)[C@H](CS)NC(=O)[C@H](CCCCN)NC(=O)[C@@H](N)[C@@H](C)O)C(=O)N[C@@H](CCCNC(=N)N)C(=O)N[C@@H](CCCCN)C(=O)N[C@H](C(=O)N[C@@H](CCCNC(=N)N)C(=O)O)C(C)C. The Balaban J connectivity index is 2.12. The van der Waals surface area contributed by atoms with Gasteiger partial charge in [0.05, 0.1) is 12.5 Å². The first-order valence-corrected chi connectivity index (χ1v) is 44.9. The molecule has 0 unspecified atom stereocenters. The first kappa shape index (κ1) is 112. The van der Waals surface area contributed by atoms with Crippen molar-refractivity contribution in [3.63, 3.8) is 0 Å². The quantitative estimate of drug-likeness (QED) is 0.0108. The molecule has 40 N–H and O–H groups in total. The number of aliphatic hydroxyl groups is 1. The van der Waals surface area contributed by atoms with E-state index in [1.54, 1.807) is 74.7 Å². The number of aliphatic carboxylic acids is 1. The van der Waals surface area contributed by atoms with Crippen molar-refractivity contribution in [1.29, 1.82) is 16.2 Å². The van der Waals surface area contributed by atoms with E-state index in [4.69, 9.17) is 67.8 Å². The highest BCUT2D eigenvalue weighted by atomic mass is 32.2. The second-order valence-electron chi connectivity index (χ2n) is 31.5. The largest absolute Gasteiger partial charge is 0.480 e. The van der Waals surface area contributed by atoms with Crippen LogP contribution in [0.4, 0.5) is 0 Å². The molecule has 0 aliphatic heterocycles. The van der Waals surface area contributed by atoms with Crippen LogP contribution in [0, 0.1) is 22.1 Å². The molecule has 1 aromatic heterocycles. The predicted molar refractivity (Wildman–Crippen MR) is 490 cm³/mol. The van der Waals surface area contributed by atoms with Gasteiger partial charge in [-0.1, -0.05) is 62.4 Å². The minimum atomic E-state index is -1.97. The van der Waals surface area contributed by atoms with E-state index in [9.17, 15) is 77.3 Å². The van der Waals surface area contributed by atoms with Crippen LogP contribution in [0.2, 0.25) is 0 Å². The number of fused-ring (bicyclic) bond motifs is 1. The molecule has 50 heteroatoms. The summed E-state index contributed by atoms with van der Waals surface area (Å²) in [5, 5.41) is 84.0. The summed E-state index contributed by atoms with van der Waals surface area (Å²) in [4.78, 5) is 242. The van der Waals surface area contributed by atoms with Crippen molar-refractivity contribution in [3.05, 3.63) is 71.9 Å². The Morgan fingerprint density at radius 2 is 0.748 bits per heavy atom. The molecule has 16 amide bonds. The van der Waals surface area contributed by atoms with E-state index in [0.717, 1.165) is 0 Å². The van der Waals surface area contributed by atoms with Crippen LogP contribution < -0.4 is 137 Å². The number of aromatic amines is 1. The number of nitrogens with two attached hydrogens (primary N) is 9. The summed E-state index contributed by atoms with van der Waals surface area (Å²) in [5.74, 6) is -20.1. The lowest BCUT2D eigenvalue weighted by molar-refractivity contribution is -0.143. The summed E-state index contributed by atoms with van der Waals surface area (Å²) in [5.41, 5.74) is 52.2. The highest BCUT2D eigenvalue weighted by Gasteiger charge is 2.40. The van der Waals surface area contributed by atoms with Gasteiger partial charge in [0, 0.05) is 68.2 Å². The zero-order valence-corrected chi connectivity index (χ0v) is 75.7. The maximum absolute atomic E-state index is 15.2. The Morgan fingerprint density at radius 1 is 0.405 bits per heavy atom. The van der Waals surface area contributed by atoms with Crippen LogP contribution in [0.25, 0.3) is 10.9 Å². The van der Waals surface area contributed by atoms with Crippen LogP contribution in [0.1, 0.15) is 147 Å². The summed E-state index contributed by atoms with van der Waals surface area (Å²) >= 11 is 5.52. The Morgan fingerprint density at radius 3 is 1.15 bits per heavy atom.